The minimum Gasteiger partial charge on any atom is -0.399 e. The number of sulfonamides is 1. The van der Waals surface area contributed by atoms with Crippen molar-refractivity contribution in [2.45, 2.75) is 18.5 Å². The van der Waals surface area contributed by atoms with Gasteiger partial charge in [-0.05, 0) is 24.6 Å². The van der Waals surface area contributed by atoms with Crippen molar-refractivity contribution in [3.8, 4) is 0 Å². The molecule has 0 radical (unpaired) electrons. The highest BCUT2D eigenvalue weighted by Gasteiger charge is 2.22. The zero-order valence-electron chi connectivity index (χ0n) is 10.8. The van der Waals surface area contributed by atoms with Crippen LogP contribution in [0.4, 0.5) is 5.69 Å². The zero-order valence-corrected chi connectivity index (χ0v) is 11.6. The van der Waals surface area contributed by atoms with Gasteiger partial charge in [0, 0.05) is 19.3 Å². The third-order valence-corrected chi connectivity index (χ3v) is 4.47. The van der Waals surface area contributed by atoms with Gasteiger partial charge in [0.05, 0.1) is 6.20 Å². The summed E-state index contributed by atoms with van der Waals surface area (Å²) in [6.07, 6.45) is 1.32. The minimum atomic E-state index is -3.54. The Morgan fingerprint density at radius 1 is 1.32 bits per heavy atom. The lowest BCUT2D eigenvalue weighted by molar-refractivity contribution is 0.464. The van der Waals surface area contributed by atoms with Gasteiger partial charge in [0.2, 0.25) is 0 Å². The van der Waals surface area contributed by atoms with Crippen molar-refractivity contribution < 1.29 is 8.42 Å². The van der Waals surface area contributed by atoms with Crippen LogP contribution in [-0.2, 0) is 16.6 Å². The van der Waals surface area contributed by atoms with E-state index in [9.17, 15) is 8.42 Å². The lowest BCUT2D eigenvalue weighted by atomic mass is 10.2. The third kappa shape index (κ3) is 2.94. The molecule has 0 unspecified atom stereocenters. The molecule has 0 amide bonds. The van der Waals surface area contributed by atoms with Crippen molar-refractivity contribution in [3.05, 3.63) is 41.9 Å². The summed E-state index contributed by atoms with van der Waals surface area (Å²) in [5, 5.41) is 0.0999. The number of nitrogen functional groups attached to an aromatic ring is 1. The van der Waals surface area contributed by atoms with Crippen molar-refractivity contribution in [1.82, 2.24) is 14.3 Å². The number of rotatable bonds is 4. The quantitative estimate of drug-likeness (QED) is 0.821. The predicted molar refractivity (Wildman–Crippen MR) is 72.8 cm³/mol. The Hall–Kier alpha value is -1.86. The van der Waals surface area contributed by atoms with E-state index in [0.717, 1.165) is 5.56 Å². The van der Waals surface area contributed by atoms with E-state index in [2.05, 4.69) is 9.97 Å². The fourth-order valence-corrected chi connectivity index (χ4v) is 2.78. The van der Waals surface area contributed by atoms with Gasteiger partial charge in [0.15, 0.2) is 5.03 Å². The van der Waals surface area contributed by atoms with Crippen LogP contribution in [0.3, 0.4) is 0 Å². The Bertz CT molecular complexity index is 661. The summed E-state index contributed by atoms with van der Waals surface area (Å²) < 4.78 is 25.8. The first kappa shape index (κ1) is 13.6. The molecule has 0 bridgehead atoms. The third-order valence-electron chi connectivity index (χ3n) is 2.75. The average molecular weight is 280 g/mol. The number of H-pyrrole nitrogens is 1. The van der Waals surface area contributed by atoms with Crippen LogP contribution in [0.1, 0.15) is 11.4 Å². The Balaban J connectivity index is 2.19. The maximum absolute atomic E-state index is 12.2. The molecule has 0 aliphatic heterocycles. The van der Waals surface area contributed by atoms with E-state index >= 15 is 0 Å². The zero-order chi connectivity index (χ0) is 14.0. The standard InChI is InChI=1S/C12H16N4O2S/c1-9-14-7-12(15-9)19(17,18)16(2)8-10-3-5-11(13)6-4-10/h3-7H,8,13H2,1-2H3,(H,14,15). The van der Waals surface area contributed by atoms with Crippen molar-refractivity contribution in [1.29, 1.82) is 0 Å². The van der Waals surface area contributed by atoms with Crippen LogP contribution in [0.2, 0.25) is 0 Å². The summed E-state index contributed by atoms with van der Waals surface area (Å²) in [6.45, 7) is 1.99. The molecular weight excluding hydrogens is 264 g/mol. The molecule has 0 atom stereocenters. The fourth-order valence-electron chi connectivity index (χ4n) is 1.66. The number of aromatic amines is 1. The van der Waals surface area contributed by atoms with Gasteiger partial charge in [0.1, 0.15) is 5.82 Å². The molecule has 2 aromatic rings. The minimum absolute atomic E-state index is 0.0999. The van der Waals surface area contributed by atoms with E-state index in [1.165, 1.54) is 17.5 Å². The Kier molecular flexibility index (Phi) is 3.59. The van der Waals surface area contributed by atoms with Crippen molar-refractivity contribution in [3.63, 3.8) is 0 Å². The average Bonchev–Trinajstić information content (AvgIpc) is 2.79. The van der Waals surface area contributed by atoms with Crippen LogP contribution in [0.25, 0.3) is 0 Å². The first-order chi connectivity index (χ1) is 8.89. The summed E-state index contributed by atoms with van der Waals surface area (Å²) in [7, 11) is -2.01. The molecule has 0 saturated carbocycles. The normalized spacial score (nSPS) is 11.9. The second-order valence-electron chi connectivity index (χ2n) is 4.34. The van der Waals surface area contributed by atoms with Crippen molar-refractivity contribution >= 4 is 15.7 Å². The molecule has 1 aromatic heterocycles. The van der Waals surface area contributed by atoms with Crippen molar-refractivity contribution in [2.24, 2.45) is 0 Å². The van der Waals surface area contributed by atoms with Gasteiger partial charge in [-0.25, -0.2) is 13.4 Å². The second kappa shape index (κ2) is 5.02. The molecule has 0 saturated heterocycles. The van der Waals surface area contributed by atoms with Crippen LogP contribution in [0.15, 0.2) is 35.5 Å². The number of nitrogens with one attached hydrogen (secondary N) is 1. The van der Waals surface area contributed by atoms with Gasteiger partial charge in [-0.2, -0.15) is 4.31 Å². The SMILES string of the molecule is Cc1ncc(S(=O)(=O)N(C)Cc2ccc(N)cc2)[nH]1. The highest BCUT2D eigenvalue weighted by atomic mass is 32.2. The van der Waals surface area contributed by atoms with Crippen LogP contribution in [0, 0.1) is 6.92 Å². The van der Waals surface area contributed by atoms with E-state index in [4.69, 9.17) is 5.73 Å². The molecule has 102 valence electrons. The molecule has 1 heterocycles. The lowest BCUT2D eigenvalue weighted by Gasteiger charge is -2.16. The van der Waals surface area contributed by atoms with Gasteiger partial charge in [0.25, 0.3) is 10.0 Å². The molecule has 0 spiro atoms. The number of aromatic nitrogens is 2. The van der Waals surface area contributed by atoms with Crippen LogP contribution in [-0.4, -0.2) is 29.7 Å². The molecule has 7 heteroatoms. The second-order valence-corrected chi connectivity index (χ2v) is 6.35. The van der Waals surface area contributed by atoms with E-state index < -0.39 is 10.0 Å². The highest BCUT2D eigenvalue weighted by molar-refractivity contribution is 7.89. The predicted octanol–water partition coefficient (Wildman–Crippen LogP) is 1.12. The molecule has 6 nitrogen and oxygen atoms in total. The maximum atomic E-state index is 12.2. The summed E-state index contributed by atoms with van der Waals surface area (Å²) in [4.78, 5) is 6.64. The van der Waals surface area contributed by atoms with E-state index in [-0.39, 0.29) is 11.6 Å². The van der Waals surface area contributed by atoms with E-state index in [1.807, 2.05) is 0 Å². The number of anilines is 1. The topological polar surface area (TPSA) is 92.1 Å². The molecule has 19 heavy (non-hydrogen) atoms. The summed E-state index contributed by atoms with van der Waals surface area (Å²) in [5.41, 5.74) is 7.12. The van der Waals surface area contributed by atoms with Gasteiger partial charge >= 0.3 is 0 Å². The summed E-state index contributed by atoms with van der Waals surface area (Å²) in [5.74, 6) is 0.569. The highest BCUT2D eigenvalue weighted by Crippen LogP contribution is 2.15. The number of imidazole rings is 1. The molecule has 0 aliphatic rings. The van der Waals surface area contributed by atoms with Gasteiger partial charge in [-0.15, -0.1) is 0 Å². The fraction of sp³-hybridized carbons (Fsp3) is 0.250. The first-order valence-corrected chi connectivity index (χ1v) is 7.16. The van der Waals surface area contributed by atoms with Crippen LogP contribution in [0.5, 0.6) is 0 Å². The summed E-state index contributed by atoms with van der Waals surface area (Å²) in [6, 6.07) is 7.10. The number of hydrogen-bond acceptors (Lipinski definition) is 4. The molecule has 1 aromatic carbocycles. The Labute approximate surface area is 112 Å². The molecule has 2 rings (SSSR count). The monoisotopic (exact) mass is 280 g/mol. The Morgan fingerprint density at radius 3 is 2.47 bits per heavy atom. The van der Waals surface area contributed by atoms with E-state index in [1.54, 1.807) is 31.2 Å². The first-order valence-electron chi connectivity index (χ1n) is 5.72. The van der Waals surface area contributed by atoms with Crippen LogP contribution < -0.4 is 5.73 Å². The van der Waals surface area contributed by atoms with Gasteiger partial charge in [-0.3, -0.25) is 0 Å². The number of hydrogen-bond donors (Lipinski definition) is 2. The molecular formula is C12H16N4O2S. The number of aryl methyl sites for hydroxylation is 1. The lowest BCUT2D eigenvalue weighted by Crippen LogP contribution is -2.26. The number of nitrogens with two attached hydrogens (primary N) is 1. The molecule has 0 aliphatic carbocycles. The van der Waals surface area contributed by atoms with Crippen LogP contribution >= 0.6 is 0 Å². The number of benzene rings is 1. The number of nitrogens with zero attached hydrogens (tertiary/aromatic N) is 2. The largest absolute Gasteiger partial charge is 0.399 e. The van der Waals surface area contributed by atoms with Gasteiger partial charge < -0.3 is 10.7 Å². The Morgan fingerprint density at radius 2 is 1.95 bits per heavy atom. The smallest absolute Gasteiger partial charge is 0.260 e. The molecule has 0 fully saturated rings. The summed E-state index contributed by atoms with van der Waals surface area (Å²) >= 11 is 0. The van der Waals surface area contributed by atoms with Crippen molar-refractivity contribution in [2.75, 3.05) is 12.8 Å². The van der Waals surface area contributed by atoms with E-state index in [0.29, 0.717) is 11.5 Å². The molecule has 3 N–H and O–H groups in total. The van der Waals surface area contributed by atoms with Gasteiger partial charge in [-0.1, -0.05) is 12.1 Å². The maximum Gasteiger partial charge on any atom is 0.260 e.